The quantitative estimate of drug-likeness (QED) is 0.801. The second-order valence-electron chi connectivity index (χ2n) is 5.98. The summed E-state index contributed by atoms with van der Waals surface area (Å²) < 4.78 is 0. The molecule has 1 aromatic carbocycles. The molecule has 0 saturated heterocycles. The molecule has 2 N–H and O–H groups in total. The number of rotatable bonds is 7. The number of hydrogen-bond donors (Lipinski definition) is 2. The summed E-state index contributed by atoms with van der Waals surface area (Å²) in [6.45, 7) is 5.01. The first-order valence-electron chi connectivity index (χ1n) is 6.75. The Bertz CT molecular complexity index is 465. The van der Waals surface area contributed by atoms with Crippen LogP contribution in [0.2, 0.25) is 0 Å². The molecule has 0 radical (unpaired) electrons. The largest absolute Gasteiger partial charge is 0.481 e. The van der Waals surface area contributed by atoms with Crippen molar-refractivity contribution in [3.63, 3.8) is 0 Å². The molecular formula is C16H22O4. The summed E-state index contributed by atoms with van der Waals surface area (Å²) >= 11 is 0. The molecule has 0 spiro atoms. The summed E-state index contributed by atoms with van der Waals surface area (Å²) in [4.78, 5) is 22.3. The molecule has 0 aliphatic carbocycles. The molecule has 4 heteroatoms. The minimum atomic E-state index is -0.876. The number of carbonyl (C=O) groups is 2. The van der Waals surface area contributed by atoms with Crippen molar-refractivity contribution >= 4 is 11.9 Å². The number of carboxylic acid groups (broad SMARTS) is 2. The van der Waals surface area contributed by atoms with Gasteiger partial charge >= 0.3 is 11.9 Å². The molecule has 0 amide bonds. The van der Waals surface area contributed by atoms with E-state index >= 15 is 0 Å². The van der Waals surface area contributed by atoms with E-state index in [1.165, 1.54) is 0 Å². The minimum absolute atomic E-state index is 0.0756. The Balaban J connectivity index is 2.96. The molecule has 2 unspecified atom stereocenters. The average molecular weight is 278 g/mol. The van der Waals surface area contributed by atoms with E-state index in [2.05, 4.69) is 0 Å². The Morgan fingerprint density at radius 2 is 1.70 bits per heavy atom. The third-order valence-corrected chi connectivity index (χ3v) is 3.67. The summed E-state index contributed by atoms with van der Waals surface area (Å²) in [7, 11) is 0. The Hall–Kier alpha value is -1.84. The van der Waals surface area contributed by atoms with Gasteiger partial charge in [-0.05, 0) is 38.2 Å². The van der Waals surface area contributed by atoms with Crippen LogP contribution in [0.1, 0.15) is 45.1 Å². The standard InChI is InChI=1S/C16H22O4/c1-11(14(17)18)9-13(10-16(2,3)15(19)20)12-7-5-4-6-8-12/h4-8,11,13H,9-10H2,1-3H3,(H,17,18)(H,19,20). The second-order valence-corrected chi connectivity index (χ2v) is 5.98. The van der Waals surface area contributed by atoms with Gasteiger partial charge in [-0.25, -0.2) is 0 Å². The van der Waals surface area contributed by atoms with Crippen molar-refractivity contribution in [2.45, 2.75) is 39.5 Å². The molecular weight excluding hydrogens is 256 g/mol. The monoisotopic (exact) mass is 278 g/mol. The number of aliphatic carboxylic acids is 2. The molecule has 0 aliphatic rings. The van der Waals surface area contributed by atoms with Gasteiger partial charge in [-0.3, -0.25) is 9.59 Å². The van der Waals surface area contributed by atoms with Crippen molar-refractivity contribution in [1.82, 2.24) is 0 Å². The zero-order valence-corrected chi connectivity index (χ0v) is 12.2. The van der Waals surface area contributed by atoms with Crippen LogP contribution in [0, 0.1) is 11.3 Å². The third-order valence-electron chi connectivity index (χ3n) is 3.67. The van der Waals surface area contributed by atoms with E-state index in [1.54, 1.807) is 20.8 Å². The fourth-order valence-electron chi connectivity index (χ4n) is 2.29. The summed E-state index contributed by atoms with van der Waals surface area (Å²) in [5, 5.41) is 18.3. The Morgan fingerprint density at radius 1 is 1.15 bits per heavy atom. The maximum atomic E-state index is 11.3. The van der Waals surface area contributed by atoms with Gasteiger partial charge in [0.1, 0.15) is 0 Å². The lowest BCUT2D eigenvalue weighted by atomic mass is 9.76. The number of hydrogen-bond acceptors (Lipinski definition) is 2. The van der Waals surface area contributed by atoms with Crippen LogP contribution in [0.15, 0.2) is 30.3 Å². The molecule has 1 rings (SSSR count). The first-order valence-corrected chi connectivity index (χ1v) is 6.75. The Labute approximate surface area is 119 Å². The molecule has 0 bridgehead atoms. The average Bonchev–Trinajstić information content (AvgIpc) is 2.38. The van der Waals surface area contributed by atoms with Crippen molar-refractivity contribution in [3.8, 4) is 0 Å². The van der Waals surface area contributed by atoms with E-state index in [1.807, 2.05) is 30.3 Å². The topological polar surface area (TPSA) is 74.6 Å². The molecule has 0 heterocycles. The lowest BCUT2D eigenvalue weighted by molar-refractivity contribution is -0.147. The highest BCUT2D eigenvalue weighted by molar-refractivity contribution is 5.73. The Morgan fingerprint density at radius 3 is 2.15 bits per heavy atom. The van der Waals surface area contributed by atoms with Crippen LogP contribution in [0.4, 0.5) is 0 Å². The van der Waals surface area contributed by atoms with Crippen LogP contribution < -0.4 is 0 Å². The zero-order valence-electron chi connectivity index (χ0n) is 12.2. The van der Waals surface area contributed by atoms with E-state index in [0.29, 0.717) is 12.8 Å². The third kappa shape index (κ3) is 4.37. The summed E-state index contributed by atoms with van der Waals surface area (Å²) in [6.07, 6.45) is 0.861. The highest BCUT2D eigenvalue weighted by atomic mass is 16.4. The molecule has 0 aliphatic heterocycles. The van der Waals surface area contributed by atoms with Gasteiger partial charge in [0.05, 0.1) is 11.3 Å². The van der Waals surface area contributed by atoms with Gasteiger partial charge in [0.2, 0.25) is 0 Å². The fraction of sp³-hybridized carbons (Fsp3) is 0.500. The van der Waals surface area contributed by atoms with E-state index in [9.17, 15) is 14.7 Å². The van der Waals surface area contributed by atoms with Gasteiger partial charge in [0.15, 0.2) is 0 Å². The van der Waals surface area contributed by atoms with Crippen LogP contribution in [0.25, 0.3) is 0 Å². The first kappa shape index (κ1) is 16.2. The van der Waals surface area contributed by atoms with Crippen LogP contribution >= 0.6 is 0 Å². The fourth-order valence-corrected chi connectivity index (χ4v) is 2.29. The predicted octanol–water partition coefficient (Wildman–Crippen LogP) is 3.38. The summed E-state index contributed by atoms with van der Waals surface area (Å²) in [6, 6.07) is 9.53. The van der Waals surface area contributed by atoms with E-state index < -0.39 is 23.3 Å². The number of benzene rings is 1. The summed E-state index contributed by atoms with van der Waals surface area (Å²) in [5.74, 6) is -2.28. The normalized spacial score (nSPS) is 14.6. The summed E-state index contributed by atoms with van der Waals surface area (Å²) in [5.41, 5.74) is 0.119. The van der Waals surface area contributed by atoms with Crippen LogP contribution in [0.3, 0.4) is 0 Å². The zero-order chi connectivity index (χ0) is 15.3. The van der Waals surface area contributed by atoms with Gasteiger partial charge in [0.25, 0.3) is 0 Å². The molecule has 2 atom stereocenters. The highest BCUT2D eigenvalue weighted by Crippen LogP contribution is 2.36. The van der Waals surface area contributed by atoms with Gasteiger partial charge in [-0.2, -0.15) is 0 Å². The van der Waals surface area contributed by atoms with Crippen molar-refractivity contribution in [2.24, 2.45) is 11.3 Å². The molecule has 110 valence electrons. The maximum absolute atomic E-state index is 11.3. The molecule has 1 aromatic rings. The van der Waals surface area contributed by atoms with E-state index in [0.717, 1.165) is 5.56 Å². The predicted molar refractivity (Wildman–Crippen MR) is 76.6 cm³/mol. The second kappa shape index (κ2) is 6.55. The smallest absolute Gasteiger partial charge is 0.309 e. The van der Waals surface area contributed by atoms with E-state index in [4.69, 9.17) is 5.11 Å². The van der Waals surface area contributed by atoms with Crippen molar-refractivity contribution in [2.75, 3.05) is 0 Å². The Kier molecular flexibility index (Phi) is 5.31. The van der Waals surface area contributed by atoms with Gasteiger partial charge < -0.3 is 10.2 Å². The van der Waals surface area contributed by atoms with Crippen LogP contribution in [-0.2, 0) is 9.59 Å². The minimum Gasteiger partial charge on any atom is -0.481 e. The van der Waals surface area contributed by atoms with E-state index in [-0.39, 0.29) is 5.92 Å². The lowest BCUT2D eigenvalue weighted by Crippen LogP contribution is -2.27. The van der Waals surface area contributed by atoms with Gasteiger partial charge in [-0.1, -0.05) is 37.3 Å². The molecule has 0 aromatic heterocycles. The van der Waals surface area contributed by atoms with Crippen LogP contribution in [0.5, 0.6) is 0 Å². The highest BCUT2D eigenvalue weighted by Gasteiger charge is 2.32. The number of carboxylic acids is 2. The lowest BCUT2D eigenvalue weighted by Gasteiger charge is -2.27. The molecule has 0 fully saturated rings. The van der Waals surface area contributed by atoms with Crippen molar-refractivity contribution in [1.29, 1.82) is 0 Å². The van der Waals surface area contributed by atoms with Crippen molar-refractivity contribution in [3.05, 3.63) is 35.9 Å². The SMILES string of the molecule is CC(CC(CC(C)(C)C(=O)O)c1ccccc1)C(=O)O. The van der Waals surface area contributed by atoms with Crippen molar-refractivity contribution < 1.29 is 19.8 Å². The van der Waals surface area contributed by atoms with Crippen LogP contribution in [-0.4, -0.2) is 22.2 Å². The molecule has 20 heavy (non-hydrogen) atoms. The van der Waals surface area contributed by atoms with Gasteiger partial charge in [-0.15, -0.1) is 0 Å². The maximum Gasteiger partial charge on any atom is 0.309 e. The molecule has 4 nitrogen and oxygen atoms in total. The van der Waals surface area contributed by atoms with Gasteiger partial charge in [0, 0.05) is 0 Å². The molecule has 0 saturated carbocycles. The first-order chi connectivity index (χ1) is 9.24.